The number of likely N-dealkylation sites (tertiary alicyclic amines) is 1. The number of imide groups is 1. The van der Waals surface area contributed by atoms with Gasteiger partial charge in [-0.25, -0.2) is 9.59 Å². The van der Waals surface area contributed by atoms with Crippen molar-refractivity contribution in [2.75, 3.05) is 27.2 Å². The summed E-state index contributed by atoms with van der Waals surface area (Å²) in [5, 5.41) is 0.960. The second-order valence-electron chi connectivity index (χ2n) is 8.06. The minimum atomic E-state index is -0.729. The molecular formula is C21H25N3O4. The van der Waals surface area contributed by atoms with Gasteiger partial charge in [0.2, 0.25) is 0 Å². The third-order valence-electron chi connectivity index (χ3n) is 6.26. The van der Waals surface area contributed by atoms with Crippen LogP contribution < -0.4 is 5.63 Å². The van der Waals surface area contributed by atoms with E-state index in [9.17, 15) is 14.4 Å². The summed E-state index contributed by atoms with van der Waals surface area (Å²) in [4.78, 5) is 41.9. The van der Waals surface area contributed by atoms with E-state index in [2.05, 4.69) is 4.90 Å². The predicted octanol–water partition coefficient (Wildman–Crippen LogP) is 2.27. The highest BCUT2D eigenvalue weighted by Crippen LogP contribution is 2.36. The van der Waals surface area contributed by atoms with E-state index < -0.39 is 5.54 Å². The summed E-state index contributed by atoms with van der Waals surface area (Å²) in [6.45, 7) is 5.96. The van der Waals surface area contributed by atoms with Crippen molar-refractivity contribution < 1.29 is 14.0 Å². The number of carbonyl (C=O) groups excluding carboxylic acids is 2. The molecule has 0 bridgehead atoms. The molecule has 1 aromatic carbocycles. The lowest BCUT2D eigenvalue weighted by Gasteiger charge is -2.40. The normalized spacial score (nSPS) is 20.0. The lowest BCUT2D eigenvalue weighted by atomic mass is 9.86. The van der Waals surface area contributed by atoms with Crippen LogP contribution in [-0.2, 0) is 11.3 Å². The van der Waals surface area contributed by atoms with Crippen LogP contribution in [0.5, 0.6) is 0 Å². The van der Waals surface area contributed by atoms with Crippen LogP contribution in [0.25, 0.3) is 11.0 Å². The Bertz CT molecular complexity index is 1030. The largest absolute Gasteiger partial charge is 0.422 e. The number of piperidine rings is 1. The Labute approximate surface area is 163 Å². The number of fused-ring (bicyclic) bond motifs is 1. The molecule has 3 amide bonds. The second-order valence-corrected chi connectivity index (χ2v) is 8.06. The minimum absolute atomic E-state index is 0.114. The van der Waals surface area contributed by atoms with E-state index in [0.29, 0.717) is 38.1 Å². The topological polar surface area (TPSA) is 74.1 Å². The first-order valence-electron chi connectivity index (χ1n) is 9.55. The summed E-state index contributed by atoms with van der Waals surface area (Å²) < 4.78 is 5.44. The number of benzene rings is 1. The van der Waals surface area contributed by atoms with Crippen LogP contribution >= 0.6 is 0 Å². The molecule has 3 heterocycles. The molecule has 0 unspecified atom stereocenters. The molecule has 2 aromatic rings. The Balaban J connectivity index is 1.59. The monoisotopic (exact) mass is 383 g/mol. The fourth-order valence-electron chi connectivity index (χ4n) is 4.63. The van der Waals surface area contributed by atoms with E-state index in [1.54, 1.807) is 25.1 Å². The van der Waals surface area contributed by atoms with Crippen molar-refractivity contribution in [2.24, 2.45) is 0 Å². The van der Waals surface area contributed by atoms with Crippen LogP contribution in [0.15, 0.2) is 27.4 Å². The molecule has 2 saturated heterocycles. The number of likely N-dealkylation sites (N-methyl/N-ethyl adjacent to an activating group) is 2. The van der Waals surface area contributed by atoms with E-state index in [1.807, 2.05) is 26.0 Å². The van der Waals surface area contributed by atoms with Crippen molar-refractivity contribution in [1.29, 1.82) is 0 Å². The number of amides is 3. The van der Waals surface area contributed by atoms with Gasteiger partial charge in [-0.2, -0.15) is 0 Å². The summed E-state index contributed by atoms with van der Waals surface area (Å²) in [7, 11) is 3.25. The minimum Gasteiger partial charge on any atom is -0.422 e. The fraction of sp³-hybridized carbons (Fsp3) is 0.476. The summed E-state index contributed by atoms with van der Waals surface area (Å²) in [5.74, 6) is -0.114. The number of rotatable bonds is 2. The number of hydrogen-bond donors (Lipinski definition) is 0. The summed E-state index contributed by atoms with van der Waals surface area (Å²) >= 11 is 0. The standard InChI is InChI=1S/C21H25N3O4/c1-13-9-14(2)18-16(10-13)15(11-17(25)28-18)12-24-7-5-21(6-8-24)19(26)22(3)20(27)23(21)4/h9-11H,5-8,12H2,1-4H3. The Kier molecular flexibility index (Phi) is 4.30. The molecule has 0 N–H and O–H groups in total. The average Bonchev–Trinajstić information content (AvgIpc) is 2.81. The molecule has 2 aliphatic heterocycles. The van der Waals surface area contributed by atoms with Gasteiger partial charge in [0.15, 0.2) is 0 Å². The molecule has 2 aliphatic rings. The average molecular weight is 383 g/mol. The van der Waals surface area contributed by atoms with Gasteiger partial charge in [0.1, 0.15) is 11.1 Å². The number of carbonyl (C=O) groups is 2. The Morgan fingerprint density at radius 2 is 1.71 bits per heavy atom. The lowest BCUT2D eigenvalue weighted by molar-refractivity contribution is -0.134. The van der Waals surface area contributed by atoms with E-state index >= 15 is 0 Å². The van der Waals surface area contributed by atoms with Gasteiger partial charge in [-0.1, -0.05) is 6.07 Å². The van der Waals surface area contributed by atoms with Crippen molar-refractivity contribution in [3.05, 3.63) is 45.3 Å². The molecule has 2 fully saturated rings. The Hall–Kier alpha value is -2.67. The van der Waals surface area contributed by atoms with Crippen LogP contribution in [0.3, 0.4) is 0 Å². The quantitative estimate of drug-likeness (QED) is 0.588. The van der Waals surface area contributed by atoms with Gasteiger partial charge in [-0.15, -0.1) is 0 Å². The highest BCUT2D eigenvalue weighted by molar-refractivity contribution is 6.06. The van der Waals surface area contributed by atoms with Crippen molar-refractivity contribution in [3.8, 4) is 0 Å². The maximum atomic E-state index is 12.7. The van der Waals surface area contributed by atoms with E-state index in [1.165, 1.54) is 4.90 Å². The third kappa shape index (κ3) is 2.73. The zero-order valence-electron chi connectivity index (χ0n) is 16.7. The van der Waals surface area contributed by atoms with Gasteiger partial charge >= 0.3 is 11.7 Å². The SMILES string of the molecule is Cc1cc(C)c2oc(=O)cc(CN3CCC4(CC3)C(=O)N(C)C(=O)N4C)c2c1. The van der Waals surface area contributed by atoms with Crippen molar-refractivity contribution in [1.82, 2.24) is 14.7 Å². The number of urea groups is 1. The molecule has 148 valence electrons. The zero-order chi connectivity index (χ0) is 20.2. The first-order chi connectivity index (χ1) is 13.2. The third-order valence-corrected chi connectivity index (χ3v) is 6.26. The molecule has 0 atom stereocenters. The smallest absolute Gasteiger partial charge is 0.336 e. The van der Waals surface area contributed by atoms with E-state index in [0.717, 1.165) is 22.1 Å². The van der Waals surface area contributed by atoms with Crippen LogP contribution in [-0.4, -0.2) is 59.4 Å². The van der Waals surface area contributed by atoms with Gasteiger partial charge < -0.3 is 9.32 Å². The Morgan fingerprint density at radius 3 is 2.32 bits per heavy atom. The molecule has 0 aliphatic carbocycles. The summed E-state index contributed by atoms with van der Waals surface area (Å²) in [5.41, 5.74) is 2.57. The molecule has 28 heavy (non-hydrogen) atoms. The van der Waals surface area contributed by atoms with Crippen LogP contribution in [0.2, 0.25) is 0 Å². The van der Waals surface area contributed by atoms with Crippen molar-refractivity contribution in [3.63, 3.8) is 0 Å². The number of aryl methyl sites for hydroxylation is 2. The van der Waals surface area contributed by atoms with Gasteiger partial charge in [0, 0.05) is 45.2 Å². The Morgan fingerprint density at radius 1 is 1.04 bits per heavy atom. The lowest BCUT2D eigenvalue weighted by Crippen LogP contribution is -2.55. The molecule has 0 radical (unpaired) electrons. The van der Waals surface area contributed by atoms with Gasteiger partial charge in [-0.05, 0) is 49.4 Å². The first-order valence-corrected chi connectivity index (χ1v) is 9.55. The van der Waals surface area contributed by atoms with Gasteiger partial charge in [0.25, 0.3) is 5.91 Å². The van der Waals surface area contributed by atoms with E-state index in [4.69, 9.17) is 4.42 Å². The second kappa shape index (κ2) is 6.44. The van der Waals surface area contributed by atoms with Crippen LogP contribution in [0.1, 0.15) is 29.5 Å². The summed E-state index contributed by atoms with van der Waals surface area (Å²) in [6.07, 6.45) is 1.19. The number of hydrogen-bond acceptors (Lipinski definition) is 5. The maximum Gasteiger partial charge on any atom is 0.336 e. The summed E-state index contributed by atoms with van der Waals surface area (Å²) in [6, 6.07) is 5.38. The van der Waals surface area contributed by atoms with Gasteiger partial charge in [-0.3, -0.25) is 14.6 Å². The molecule has 4 rings (SSSR count). The van der Waals surface area contributed by atoms with Crippen LogP contribution in [0, 0.1) is 13.8 Å². The first kappa shape index (κ1) is 18.7. The molecule has 7 nitrogen and oxygen atoms in total. The highest BCUT2D eigenvalue weighted by atomic mass is 16.4. The van der Waals surface area contributed by atoms with Crippen LogP contribution in [0.4, 0.5) is 4.79 Å². The molecule has 1 spiro atoms. The van der Waals surface area contributed by atoms with Crippen molar-refractivity contribution in [2.45, 2.75) is 38.8 Å². The van der Waals surface area contributed by atoms with Crippen molar-refractivity contribution >= 4 is 22.9 Å². The number of nitrogens with zero attached hydrogens (tertiary/aromatic N) is 3. The maximum absolute atomic E-state index is 12.7. The predicted molar refractivity (Wildman–Crippen MR) is 105 cm³/mol. The zero-order valence-corrected chi connectivity index (χ0v) is 16.7. The molecule has 7 heteroatoms. The highest BCUT2D eigenvalue weighted by Gasteiger charge is 2.55. The molecule has 1 aromatic heterocycles. The van der Waals surface area contributed by atoms with Gasteiger partial charge in [0.05, 0.1) is 0 Å². The molecule has 0 saturated carbocycles. The fourth-order valence-corrected chi connectivity index (χ4v) is 4.63. The molecular weight excluding hydrogens is 358 g/mol. The van der Waals surface area contributed by atoms with E-state index in [-0.39, 0.29) is 17.6 Å².